The van der Waals surface area contributed by atoms with E-state index >= 15 is 0 Å². The van der Waals surface area contributed by atoms with Crippen molar-refractivity contribution >= 4 is 21.7 Å². The molecule has 1 aromatic rings. The van der Waals surface area contributed by atoms with Crippen LogP contribution < -0.4 is 10.0 Å². The Kier molecular flexibility index (Phi) is 5.11. The summed E-state index contributed by atoms with van der Waals surface area (Å²) in [7, 11) is -1.69. The molecule has 1 aromatic heterocycles. The number of aromatic nitrogens is 2. The largest absolute Gasteiger partial charge is 0.383 e. The number of anilines is 2. The fraction of sp³-hybridized carbons (Fsp3) is 0.556. The van der Waals surface area contributed by atoms with Gasteiger partial charge in [-0.25, -0.2) is 8.42 Å². The van der Waals surface area contributed by atoms with E-state index in [0.29, 0.717) is 19.0 Å². The Labute approximate surface area is 101 Å². The van der Waals surface area contributed by atoms with E-state index in [1.807, 2.05) is 0 Å². The lowest BCUT2D eigenvalue weighted by atomic mass is 10.5. The van der Waals surface area contributed by atoms with Gasteiger partial charge in [-0.1, -0.05) is 0 Å². The lowest BCUT2D eigenvalue weighted by Gasteiger charge is -2.06. The first-order chi connectivity index (χ1) is 8.07. The van der Waals surface area contributed by atoms with Crippen molar-refractivity contribution in [3.8, 4) is 0 Å². The summed E-state index contributed by atoms with van der Waals surface area (Å²) >= 11 is 0. The van der Waals surface area contributed by atoms with E-state index in [1.54, 1.807) is 26.2 Å². The van der Waals surface area contributed by atoms with Gasteiger partial charge in [0.25, 0.3) is 0 Å². The van der Waals surface area contributed by atoms with Gasteiger partial charge in [0.1, 0.15) is 5.82 Å². The molecule has 0 saturated carbocycles. The maximum absolute atomic E-state index is 11.3. The van der Waals surface area contributed by atoms with Crippen LogP contribution in [0.3, 0.4) is 0 Å². The molecule has 0 aromatic carbocycles. The zero-order valence-electron chi connectivity index (χ0n) is 9.80. The van der Waals surface area contributed by atoms with E-state index in [4.69, 9.17) is 4.74 Å². The quantitative estimate of drug-likeness (QED) is 0.685. The Hall–Kier alpha value is -1.41. The summed E-state index contributed by atoms with van der Waals surface area (Å²) in [5.41, 5.74) is 0. The molecule has 1 heterocycles. The first kappa shape index (κ1) is 13.7. The van der Waals surface area contributed by atoms with Crippen LogP contribution in [0.4, 0.5) is 11.6 Å². The van der Waals surface area contributed by atoms with Crippen molar-refractivity contribution < 1.29 is 13.2 Å². The summed E-state index contributed by atoms with van der Waals surface area (Å²) in [5.74, 6) is 0.785. The average Bonchev–Trinajstić information content (AvgIpc) is 2.31. The second kappa shape index (κ2) is 6.36. The highest BCUT2D eigenvalue weighted by Crippen LogP contribution is 2.07. The first-order valence-electron chi connectivity index (χ1n) is 5.14. The minimum absolute atomic E-state index is 0.00250. The van der Waals surface area contributed by atoms with E-state index in [9.17, 15) is 8.42 Å². The zero-order chi connectivity index (χ0) is 12.7. The molecule has 2 N–H and O–H groups in total. The van der Waals surface area contributed by atoms with Crippen LogP contribution in [0.15, 0.2) is 12.1 Å². The second-order valence-corrected chi connectivity index (χ2v) is 5.24. The van der Waals surface area contributed by atoms with Crippen molar-refractivity contribution in [1.82, 2.24) is 10.2 Å². The molecule has 0 fully saturated rings. The molecule has 8 heteroatoms. The molecule has 0 atom stereocenters. The summed E-state index contributed by atoms with van der Waals surface area (Å²) in [5, 5.41) is 10.5. The van der Waals surface area contributed by atoms with Crippen LogP contribution in [0.5, 0.6) is 0 Å². The lowest BCUT2D eigenvalue weighted by molar-refractivity contribution is 0.210. The molecule has 0 bridgehead atoms. The fourth-order valence-corrected chi connectivity index (χ4v) is 1.57. The second-order valence-electron chi connectivity index (χ2n) is 3.23. The molecule has 0 saturated heterocycles. The van der Waals surface area contributed by atoms with Crippen LogP contribution in [0, 0.1) is 0 Å². The van der Waals surface area contributed by atoms with Crippen molar-refractivity contribution in [3.05, 3.63) is 12.1 Å². The van der Waals surface area contributed by atoms with E-state index in [-0.39, 0.29) is 11.6 Å². The number of hydrogen-bond acceptors (Lipinski definition) is 6. The van der Waals surface area contributed by atoms with Crippen molar-refractivity contribution in [1.29, 1.82) is 0 Å². The van der Waals surface area contributed by atoms with Crippen molar-refractivity contribution in [2.24, 2.45) is 0 Å². The molecule has 7 nitrogen and oxygen atoms in total. The third-order valence-electron chi connectivity index (χ3n) is 1.92. The Morgan fingerprint density at radius 3 is 2.47 bits per heavy atom. The summed E-state index contributed by atoms with van der Waals surface area (Å²) in [6.45, 7) is 2.73. The van der Waals surface area contributed by atoms with Gasteiger partial charge in [0.15, 0.2) is 5.82 Å². The Morgan fingerprint density at radius 2 is 1.94 bits per heavy atom. The van der Waals surface area contributed by atoms with Crippen LogP contribution in [0.2, 0.25) is 0 Å². The molecular weight excluding hydrogens is 244 g/mol. The molecule has 0 spiro atoms. The third-order valence-corrected chi connectivity index (χ3v) is 3.20. The molecule has 1 rings (SSSR count). The maximum Gasteiger partial charge on any atom is 0.233 e. The molecule has 0 aliphatic carbocycles. The molecule has 17 heavy (non-hydrogen) atoms. The van der Waals surface area contributed by atoms with Gasteiger partial charge < -0.3 is 10.1 Å². The smallest absolute Gasteiger partial charge is 0.233 e. The Morgan fingerprint density at radius 1 is 1.29 bits per heavy atom. The number of hydrogen-bond donors (Lipinski definition) is 2. The topological polar surface area (TPSA) is 93.2 Å². The molecule has 0 aliphatic heterocycles. The minimum atomic E-state index is -3.30. The molecule has 0 aliphatic rings. The Balaban J connectivity index is 2.56. The van der Waals surface area contributed by atoms with Crippen molar-refractivity contribution in [3.63, 3.8) is 0 Å². The van der Waals surface area contributed by atoms with E-state index < -0.39 is 10.0 Å². The number of sulfonamides is 1. The van der Waals surface area contributed by atoms with Gasteiger partial charge in [-0.05, 0) is 19.1 Å². The van der Waals surface area contributed by atoms with E-state index in [2.05, 4.69) is 20.2 Å². The van der Waals surface area contributed by atoms with Crippen molar-refractivity contribution in [2.75, 3.05) is 36.1 Å². The van der Waals surface area contributed by atoms with Gasteiger partial charge in [-0.15, -0.1) is 10.2 Å². The highest BCUT2D eigenvalue weighted by atomic mass is 32.2. The predicted molar refractivity (Wildman–Crippen MR) is 65.5 cm³/mol. The zero-order valence-corrected chi connectivity index (χ0v) is 10.6. The highest BCUT2D eigenvalue weighted by molar-refractivity contribution is 7.92. The lowest BCUT2D eigenvalue weighted by Crippen LogP contribution is -2.16. The van der Waals surface area contributed by atoms with Gasteiger partial charge in [-0.2, -0.15) is 0 Å². The summed E-state index contributed by atoms with van der Waals surface area (Å²) in [6.07, 6.45) is 0. The normalized spacial score (nSPS) is 11.2. The van der Waals surface area contributed by atoms with E-state index in [0.717, 1.165) is 0 Å². The summed E-state index contributed by atoms with van der Waals surface area (Å²) < 4.78 is 29.7. The summed E-state index contributed by atoms with van der Waals surface area (Å²) in [6, 6.07) is 3.20. The van der Waals surface area contributed by atoms with Crippen LogP contribution in [0.25, 0.3) is 0 Å². The molecule has 0 radical (unpaired) electrons. The number of nitrogens with one attached hydrogen (secondary N) is 2. The van der Waals surface area contributed by atoms with Gasteiger partial charge in [-0.3, -0.25) is 4.72 Å². The minimum Gasteiger partial charge on any atom is -0.383 e. The number of nitrogens with zero attached hydrogens (tertiary/aromatic N) is 2. The molecular formula is C9H16N4O3S. The molecule has 0 unspecified atom stereocenters. The highest BCUT2D eigenvalue weighted by Gasteiger charge is 2.07. The number of methoxy groups -OCH3 is 1. The van der Waals surface area contributed by atoms with Crippen LogP contribution in [-0.2, 0) is 14.8 Å². The predicted octanol–water partition coefficient (Wildman–Crippen LogP) is 0.296. The third kappa shape index (κ3) is 4.96. The SMILES string of the molecule is CCS(=O)(=O)Nc1ccc(NCCOC)nn1. The standard InChI is InChI=1S/C9H16N4O3S/c1-3-17(14,15)13-9-5-4-8(11-12-9)10-6-7-16-2/h4-5H,3,6-7H2,1-2H3,(H,10,11)(H,12,13). The van der Waals surface area contributed by atoms with Crippen LogP contribution in [-0.4, -0.2) is 44.6 Å². The number of ether oxygens (including phenoxy) is 1. The molecule has 96 valence electrons. The van der Waals surface area contributed by atoms with Crippen LogP contribution >= 0.6 is 0 Å². The van der Waals surface area contributed by atoms with Crippen LogP contribution in [0.1, 0.15) is 6.92 Å². The number of rotatable bonds is 7. The average molecular weight is 260 g/mol. The van der Waals surface area contributed by atoms with Gasteiger partial charge >= 0.3 is 0 Å². The maximum atomic E-state index is 11.3. The molecule has 0 amide bonds. The van der Waals surface area contributed by atoms with Gasteiger partial charge in [0.2, 0.25) is 10.0 Å². The summed E-state index contributed by atoms with van der Waals surface area (Å²) in [4.78, 5) is 0. The van der Waals surface area contributed by atoms with Gasteiger partial charge in [0.05, 0.1) is 12.4 Å². The monoisotopic (exact) mass is 260 g/mol. The van der Waals surface area contributed by atoms with Gasteiger partial charge in [0, 0.05) is 13.7 Å². The fourth-order valence-electron chi connectivity index (χ4n) is 0.994. The first-order valence-corrected chi connectivity index (χ1v) is 6.79. The van der Waals surface area contributed by atoms with Crippen molar-refractivity contribution in [2.45, 2.75) is 6.92 Å². The Bertz CT molecular complexity index is 432. The van der Waals surface area contributed by atoms with E-state index in [1.165, 1.54) is 0 Å².